The van der Waals surface area contributed by atoms with Crippen LogP contribution in [0.15, 0.2) is 24.3 Å². The summed E-state index contributed by atoms with van der Waals surface area (Å²) >= 11 is 5.93. The Morgan fingerprint density at radius 1 is 1.26 bits per heavy atom. The van der Waals surface area contributed by atoms with Crippen molar-refractivity contribution in [2.75, 3.05) is 5.32 Å². The summed E-state index contributed by atoms with van der Waals surface area (Å²) in [5.74, 6) is -1.36. The molecule has 0 saturated heterocycles. The Morgan fingerprint density at radius 3 is 2.68 bits per heavy atom. The Hall–Kier alpha value is -1.75. The summed E-state index contributed by atoms with van der Waals surface area (Å²) in [7, 11) is 0. The third kappa shape index (κ3) is 3.38. The number of halogens is 1. The first-order valence-electron chi connectivity index (χ1n) is 6.13. The summed E-state index contributed by atoms with van der Waals surface area (Å²) in [6.45, 7) is 0. The van der Waals surface area contributed by atoms with E-state index in [1.165, 1.54) is 0 Å². The average Bonchev–Trinajstić information content (AvgIpc) is 2.80. The maximum atomic E-state index is 11.8. The van der Waals surface area contributed by atoms with Gasteiger partial charge in [0.05, 0.1) is 16.6 Å². The number of carbonyl (C=O) groups excluding carboxylic acids is 1. The third-order valence-electron chi connectivity index (χ3n) is 3.27. The van der Waals surface area contributed by atoms with Crippen LogP contribution in [0.1, 0.15) is 19.3 Å². The number of carboxylic acids is 1. The van der Waals surface area contributed by atoms with E-state index in [2.05, 4.69) is 10.6 Å². The highest BCUT2D eigenvalue weighted by Crippen LogP contribution is 2.26. The molecule has 5 nitrogen and oxygen atoms in total. The number of carbonyl (C=O) groups is 2. The van der Waals surface area contributed by atoms with Gasteiger partial charge in [0, 0.05) is 6.04 Å². The van der Waals surface area contributed by atoms with Crippen LogP contribution in [0.25, 0.3) is 0 Å². The number of hydrogen-bond donors (Lipinski definition) is 3. The van der Waals surface area contributed by atoms with Gasteiger partial charge in [-0.05, 0) is 25.0 Å². The van der Waals surface area contributed by atoms with Crippen LogP contribution in [0.3, 0.4) is 0 Å². The maximum absolute atomic E-state index is 11.8. The van der Waals surface area contributed by atoms with Gasteiger partial charge in [-0.3, -0.25) is 4.79 Å². The molecule has 6 heteroatoms. The molecule has 2 rings (SSSR count). The number of para-hydroxylation sites is 1. The number of benzene rings is 1. The van der Waals surface area contributed by atoms with E-state index in [1.54, 1.807) is 24.3 Å². The van der Waals surface area contributed by atoms with Gasteiger partial charge >= 0.3 is 12.0 Å². The molecule has 1 aromatic rings. The molecule has 1 aromatic carbocycles. The van der Waals surface area contributed by atoms with Gasteiger partial charge in [-0.15, -0.1) is 0 Å². The molecule has 0 spiro atoms. The normalized spacial score (nSPS) is 21.9. The zero-order valence-electron chi connectivity index (χ0n) is 10.2. The van der Waals surface area contributed by atoms with Crippen molar-refractivity contribution in [1.82, 2.24) is 5.32 Å². The molecule has 1 aliphatic rings. The number of anilines is 1. The third-order valence-corrected chi connectivity index (χ3v) is 3.60. The summed E-state index contributed by atoms with van der Waals surface area (Å²) in [6, 6.07) is 6.14. The molecule has 19 heavy (non-hydrogen) atoms. The van der Waals surface area contributed by atoms with Crippen LogP contribution in [0.4, 0.5) is 10.5 Å². The van der Waals surface area contributed by atoms with Crippen LogP contribution < -0.4 is 10.6 Å². The molecule has 0 aliphatic heterocycles. The molecule has 1 fully saturated rings. The van der Waals surface area contributed by atoms with Crippen molar-refractivity contribution in [2.45, 2.75) is 25.3 Å². The quantitative estimate of drug-likeness (QED) is 0.797. The molecule has 0 heterocycles. The fraction of sp³-hybridized carbons (Fsp3) is 0.385. The molecule has 2 unspecified atom stereocenters. The van der Waals surface area contributed by atoms with Crippen molar-refractivity contribution >= 4 is 29.3 Å². The van der Waals surface area contributed by atoms with Crippen molar-refractivity contribution in [3.05, 3.63) is 29.3 Å². The molecular formula is C13H15ClN2O3. The maximum Gasteiger partial charge on any atom is 0.319 e. The Morgan fingerprint density at radius 2 is 2.00 bits per heavy atom. The number of aliphatic carboxylic acids is 1. The lowest BCUT2D eigenvalue weighted by Gasteiger charge is -2.18. The zero-order valence-corrected chi connectivity index (χ0v) is 11.0. The highest BCUT2D eigenvalue weighted by Gasteiger charge is 2.33. The van der Waals surface area contributed by atoms with E-state index in [1.807, 2.05) is 0 Å². The second-order valence-electron chi connectivity index (χ2n) is 4.56. The zero-order chi connectivity index (χ0) is 13.8. The van der Waals surface area contributed by atoms with Crippen molar-refractivity contribution < 1.29 is 14.7 Å². The SMILES string of the molecule is O=C(Nc1ccccc1Cl)NC1CCCC1C(=O)O. The second kappa shape index (κ2) is 5.93. The summed E-state index contributed by atoms with van der Waals surface area (Å²) in [5, 5.41) is 14.8. The minimum absolute atomic E-state index is 0.319. The van der Waals surface area contributed by atoms with Gasteiger partial charge in [0.2, 0.25) is 0 Å². The largest absolute Gasteiger partial charge is 0.481 e. The number of hydrogen-bond acceptors (Lipinski definition) is 2. The van der Waals surface area contributed by atoms with Crippen LogP contribution in [-0.2, 0) is 4.79 Å². The van der Waals surface area contributed by atoms with Gasteiger partial charge in [0.25, 0.3) is 0 Å². The first-order valence-corrected chi connectivity index (χ1v) is 6.50. The van der Waals surface area contributed by atoms with E-state index in [4.69, 9.17) is 16.7 Å². The molecule has 2 amide bonds. The van der Waals surface area contributed by atoms with Crippen molar-refractivity contribution in [2.24, 2.45) is 5.92 Å². The van der Waals surface area contributed by atoms with Gasteiger partial charge in [-0.25, -0.2) is 4.79 Å². The molecule has 3 N–H and O–H groups in total. The summed E-state index contributed by atoms with van der Waals surface area (Å²) < 4.78 is 0. The lowest BCUT2D eigenvalue weighted by atomic mass is 10.0. The highest BCUT2D eigenvalue weighted by atomic mass is 35.5. The number of urea groups is 1. The number of amides is 2. The molecule has 1 saturated carbocycles. The van der Waals surface area contributed by atoms with Gasteiger partial charge in [0.15, 0.2) is 0 Å². The molecule has 2 atom stereocenters. The first kappa shape index (κ1) is 13.7. The molecular weight excluding hydrogens is 268 g/mol. The van der Waals surface area contributed by atoms with Crippen LogP contribution in [0, 0.1) is 5.92 Å². The fourth-order valence-electron chi connectivity index (χ4n) is 2.32. The average molecular weight is 283 g/mol. The number of rotatable bonds is 3. The Kier molecular flexibility index (Phi) is 4.27. The predicted molar refractivity (Wildman–Crippen MR) is 72.4 cm³/mol. The van der Waals surface area contributed by atoms with Gasteiger partial charge in [-0.1, -0.05) is 30.2 Å². The van der Waals surface area contributed by atoms with Crippen LogP contribution in [0.2, 0.25) is 5.02 Å². The first-order chi connectivity index (χ1) is 9.08. The van der Waals surface area contributed by atoms with E-state index in [9.17, 15) is 9.59 Å². The molecule has 0 radical (unpaired) electrons. The lowest BCUT2D eigenvalue weighted by Crippen LogP contribution is -2.42. The van der Waals surface area contributed by atoms with Gasteiger partial charge in [-0.2, -0.15) is 0 Å². The van der Waals surface area contributed by atoms with Gasteiger partial charge < -0.3 is 15.7 Å². The smallest absolute Gasteiger partial charge is 0.319 e. The standard InChI is InChI=1S/C13H15ClN2O3/c14-9-5-1-2-6-11(9)16-13(19)15-10-7-3-4-8(10)12(17)18/h1-2,5-6,8,10H,3-4,7H2,(H,17,18)(H2,15,16,19). The Bertz CT molecular complexity index is 493. The predicted octanol–water partition coefficient (Wildman–Crippen LogP) is 2.71. The summed E-state index contributed by atoms with van der Waals surface area (Å²) in [5.41, 5.74) is 0.506. The fourth-order valence-corrected chi connectivity index (χ4v) is 2.50. The van der Waals surface area contributed by atoms with Crippen LogP contribution >= 0.6 is 11.6 Å². The molecule has 1 aliphatic carbocycles. The second-order valence-corrected chi connectivity index (χ2v) is 4.97. The minimum atomic E-state index is -0.861. The Balaban J connectivity index is 1.95. The van der Waals surface area contributed by atoms with Crippen molar-refractivity contribution in [3.63, 3.8) is 0 Å². The van der Waals surface area contributed by atoms with E-state index in [0.29, 0.717) is 23.6 Å². The van der Waals surface area contributed by atoms with Crippen molar-refractivity contribution in [3.8, 4) is 0 Å². The van der Waals surface area contributed by atoms with E-state index in [-0.39, 0.29) is 6.04 Å². The number of carboxylic acid groups (broad SMARTS) is 1. The minimum Gasteiger partial charge on any atom is -0.481 e. The van der Waals surface area contributed by atoms with Crippen LogP contribution in [0.5, 0.6) is 0 Å². The number of nitrogens with one attached hydrogen (secondary N) is 2. The van der Waals surface area contributed by atoms with E-state index < -0.39 is 17.9 Å². The van der Waals surface area contributed by atoms with Gasteiger partial charge in [0.1, 0.15) is 0 Å². The van der Waals surface area contributed by atoms with Crippen LogP contribution in [-0.4, -0.2) is 23.1 Å². The summed E-state index contributed by atoms with van der Waals surface area (Å²) in [6.07, 6.45) is 2.10. The molecule has 0 aromatic heterocycles. The topological polar surface area (TPSA) is 78.4 Å². The monoisotopic (exact) mass is 282 g/mol. The Labute approximate surface area is 116 Å². The molecule has 102 valence electrons. The van der Waals surface area contributed by atoms with E-state index in [0.717, 1.165) is 6.42 Å². The highest BCUT2D eigenvalue weighted by molar-refractivity contribution is 6.33. The lowest BCUT2D eigenvalue weighted by molar-refractivity contribution is -0.142. The summed E-state index contributed by atoms with van der Waals surface area (Å²) in [4.78, 5) is 22.8. The van der Waals surface area contributed by atoms with E-state index >= 15 is 0 Å². The molecule has 0 bridgehead atoms. The van der Waals surface area contributed by atoms with Crippen molar-refractivity contribution in [1.29, 1.82) is 0 Å².